The highest BCUT2D eigenvalue weighted by atomic mass is 14.9. The molecule has 1 aliphatic carbocycles. The standard InChI is InChI=1S/C12H18N2/c1-9(2)13-8-12-6-5-11(7-14-12)10-3-4-10/h5-7,9-10,13H,3-4,8H2,1-2H3. The van der Waals surface area contributed by atoms with E-state index in [1.54, 1.807) is 0 Å². The molecule has 2 nitrogen and oxygen atoms in total. The molecule has 2 heteroatoms. The third kappa shape index (κ3) is 2.55. The molecule has 1 fully saturated rings. The first kappa shape index (κ1) is 9.66. The monoisotopic (exact) mass is 190 g/mol. The Kier molecular flexibility index (Phi) is 2.82. The molecule has 0 bridgehead atoms. The van der Waals surface area contributed by atoms with Gasteiger partial charge in [-0.1, -0.05) is 19.9 Å². The Morgan fingerprint density at radius 2 is 2.21 bits per heavy atom. The average Bonchev–Trinajstić information content (AvgIpc) is 2.99. The van der Waals surface area contributed by atoms with Crippen molar-refractivity contribution in [2.24, 2.45) is 0 Å². The maximum absolute atomic E-state index is 4.45. The smallest absolute Gasteiger partial charge is 0.0541 e. The molecule has 1 N–H and O–H groups in total. The van der Waals surface area contributed by atoms with E-state index in [1.807, 2.05) is 6.20 Å². The highest BCUT2D eigenvalue weighted by molar-refractivity contribution is 5.22. The van der Waals surface area contributed by atoms with Crippen LogP contribution < -0.4 is 5.32 Å². The lowest BCUT2D eigenvalue weighted by molar-refractivity contribution is 0.581. The van der Waals surface area contributed by atoms with E-state index in [1.165, 1.54) is 18.4 Å². The number of rotatable bonds is 4. The van der Waals surface area contributed by atoms with Crippen LogP contribution in [0.1, 0.15) is 43.9 Å². The first-order valence-corrected chi connectivity index (χ1v) is 5.44. The van der Waals surface area contributed by atoms with E-state index < -0.39 is 0 Å². The summed E-state index contributed by atoms with van der Waals surface area (Å²) in [7, 11) is 0. The predicted octanol–water partition coefficient (Wildman–Crippen LogP) is 2.46. The fourth-order valence-corrected chi connectivity index (χ4v) is 1.51. The van der Waals surface area contributed by atoms with Gasteiger partial charge in [-0.05, 0) is 30.4 Å². The molecule has 0 spiro atoms. The highest BCUT2D eigenvalue weighted by Gasteiger charge is 2.23. The maximum atomic E-state index is 4.45. The van der Waals surface area contributed by atoms with Gasteiger partial charge in [0.2, 0.25) is 0 Å². The van der Waals surface area contributed by atoms with E-state index in [4.69, 9.17) is 0 Å². The number of hydrogen-bond donors (Lipinski definition) is 1. The number of pyridine rings is 1. The van der Waals surface area contributed by atoms with Crippen LogP contribution in [0.2, 0.25) is 0 Å². The Morgan fingerprint density at radius 3 is 2.71 bits per heavy atom. The third-order valence-electron chi connectivity index (χ3n) is 2.59. The summed E-state index contributed by atoms with van der Waals surface area (Å²) in [5, 5.41) is 3.36. The molecular weight excluding hydrogens is 172 g/mol. The van der Waals surface area contributed by atoms with Crippen molar-refractivity contribution in [1.29, 1.82) is 0 Å². The number of aromatic nitrogens is 1. The Balaban J connectivity index is 1.92. The Bertz CT molecular complexity index is 286. The average molecular weight is 190 g/mol. The van der Waals surface area contributed by atoms with E-state index in [9.17, 15) is 0 Å². The minimum Gasteiger partial charge on any atom is -0.309 e. The molecule has 0 amide bonds. The number of nitrogens with one attached hydrogen (secondary N) is 1. The molecule has 0 aromatic carbocycles. The lowest BCUT2D eigenvalue weighted by Gasteiger charge is -2.07. The molecule has 1 aliphatic rings. The van der Waals surface area contributed by atoms with Crippen LogP contribution in [0.5, 0.6) is 0 Å². The van der Waals surface area contributed by atoms with Gasteiger partial charge in [0.25, 0.3) is 0 Å². The molecule has 1 aromatic heterocycles. The first-order valence-electron chi connectivity index (χ1n) is 5.44. The minimum atomic E-state index is 0.528. The number of nitrogens with zero attached hydrogens (tertiary/aromatic N) is 1. The first-order chi connectivity index (χ1) is 6.75. The van der Waals surface area contributed by atoms with Gasteiger partial charge in [0.05, 0.1) is 5.69 Å². The summed E-state index contributed by atoms with van der Waals surface area (Å²) < 4.78 is 0. The minimum absolute atomic E-state index is 0.528. The van der Waals surface area contributed by atoms with Gasteiger partial charge in [-0.3, -0.25) is 4.98 Å². The predicted molar refractivity (Wildman–Crippen MR) is 58.2 cm³/mol. The summed E-state index contributed by atoms with van der Waals surface area (Å²) >= 11 is 0. The van der Waals surface area contributed by atoms with Gasteiger partial charge < -0.3 is 5.32 Å². The normalized spacial score (nSPS) is 16.2. The van der Waals surface area contributed by atoms with Gasteiger partial charge in [0, 0.05) is 18.8 Å². The molecule has 14 heavy (non-hydrogen) atoms. The van der Waals surface area contributed by atoms with Crippen LogP contribution in [-0.2, 0) is 6.54 Å². The van der Waals surface area contributed by atoms with Crippen LogP contribution in [0.4, 0.5) is 0 Å². The lowest BCUT2D eigenvalue weighted by atomic mass is 10.2. The fourth-order valence-electron chi connectivity index (χ4n) is 1.51. The van der Waals surface area contributed by atoms with Crippen LogP contribution in [0, 0.1) is 0 Å². The number of hydrogen-bond acceptors (Lipinski definition) is 2. The van der Waals surface area contributed by atoms with Crippen molar-refractivity contribution in [2.45, 2.75) is 45.2 Å². The summed E-state index contributed by atoms with van der Waals surface area (Å²) in [5.41, 5.74) is 2.56. The van der Waals surface area contributed by atoms with Crippen LogP contribution in [0.15, 0.2) is 18.3 Å². The maximum Gasteiger partial charge on any atom is 0.0541 e. The van der Waals surface area contributed by atoms with E-state index in [2.05, 4.69) is 36.3 Å². The molecule has 0 aliphatic heterocycles. The molecule has 1 aromatic rings. The zero-order valence-corrected chi connectivity index (χ0v) is 8.96. The van der Waals surface area contributed by atoms with Gasteiger partial charge >= 0.3 is 0 Å². The van der Waals surface area contributed by atoms with Crippen LogP contribution in [0.3, 0.4) is 0 Å². The SMILES string of the molecule is CC(C)NCc1ccc(C2CC2)cn1. The van der Waals surface area contributed by atoms with E-state index >= 15 is 0 Å². The molecular formula is C12H18N2. The van der Waals surface area contributed by atoms with Gasteiger partial charge in [0.1, 0.15) is 0 Å². The second-order valence-electron chi connectivity index (χ2n) is 4.39. The molecule has 76 valence electrons. The molecule has 0 saturated heterocycles. The van der Waals surface area contributed by atoms with Gasteiger partial charge in [-0.15, -0.1) is 0 Å². The van der Waals surface area contributed by atoms with Gasteiger partial charge in [0.15, 0.2) is 0 Å². The summed E-state index contributed by atoms with van der Waals surface area (Å²) in [6, 6.07) is 4.89. The third-order valence-corrected chi connectivity index (χ3v) is 2.59. The molecule has 0 atom stereocenters. The zero-order chi connectivity index (χ0) is 9.97. The molecule has 1 saturated carbocycles. The summed E-state index contributed by atoms with van der Waals surface area (Å²) in [6.07, 6.45) is 4.74. The van der Waals surface area contributed by atoms with Crippen LogP contribution in [0.25, 0.3) is 0 Å². The summed E-state index contributed by atoms with van der Waals surface area (Å²) in [5.74, 6) is 0.814. The molecule has 2 rings (SSSR count). The largest absolute Gasteiger partial charge is 0.309 e. The van der Waals surface area contributed by atoms with Crippen molar-refractivity contribution in [3.8, 4) is 0 Å². The topological polar surface area (TPSA) is 24.9 Å². The van der Waals surface area contributed by atoms with Crippen molar-refractivity contribution >= 4 is 0 Å². The molecule has 0 unspecified atom stereocenters. The summed E-state index contributed by atoms with van der Waals surface area (Å²) in [4.78, 5) is 4.45. The van der Waals surface area contributed by atoms with Crippen molar-refractivity contribution in [3.63, 3.8) is 0 Å². The van der Waals surface area contributed by atoms with Crippen molar-refractivity contribution < 1.29 is 0 Å². The fraction of sp³-hybridized carbons (Fsp3) is 0.583. The van der Waals surface area contributed by atoms with E-state index in [0.717, 1.165) is 18.2 Å². The Labute approximate surface area is 85.7 Å². The molecule has 1 heterocycles. The highest BCUT2D eigenvalue weighted by Crippen LogP contribution is 2.39. The second kappa shape index (κ2) is 4.09. The quantitative estimate of drug-likeness (QED) is 0.789. The van der Waals surface area contributed by atoms with Crippen molar-refractivity contribution in [1.82, 2.24) is 10.3 Å². The van der Waals surface area contributed by atoms with Gasteiger partial charge in [-0.25, -0.2) is 0 Å². The second-order valence-corrected chi connectivity index (χ2v) is 4.39. The Hall–Kier alpha value is -0.890. The summed E-state index contributed by atoms with van der Waals surface area (Å²) in [6.45, 7) is 5.18. The van der Waals surface area contributed by atoms with Crippen molar-refractivity contribution in [3.05, 3.63) is 29.6 Å². The molecule has 0 radical (unpaired) electrons. The lowest BCUT2D eigenvalue weighted by Crippen LogP contribution is -2.22. The zero-order valence-electron chi connectivity index (χ0n) is 8.96. The van der Waals surface area contributed by atoms with E-state index in [-0.39, 0.29) is 0 Å². The Morgan fingerprint density at radius 1 is 1.43 bits per heavy atom. The van der Waals surface area contributed by atoms with Crippen LogP contribution in [-0.4, -0.2) is 11.0 Å². The van der Waals surface area contributed by atoms with Crippen LogP contribution >= 0.6 is 0 Å². The van der Waals surface area contributed by atoms with Gasteiger partial charge in [-0.2, -0.15) is 0 Å². The van der Waals surface area contributed by atoms with Crippen molar-refractivity contribution in [2.75, 3.05) is 0 Å². The van der Waals surface area contributed by atoms with E-state index in [0.29, 0.717) is 6.04 Å².